The molecule has 0 saturated heterocycles. The van der Waals surface area contributed by atoms with Gasteiger partial charge < -0.3 is 11.1 Å². The number of anilines is 1. The summed E-state index contributed by atoms with van der Waals surface area (Å²) in [5, 5.41) is 2.91. The lowest BCUT2D eigenvalue weighted by Crippen LogP contribution is -2.39. The van der Waals surface area contributed by atoms with Crippen LogP contribution >= 0.6 is 47.8 Å². The number of rotatable bonds is 4. The Morgan fingerprint density at radius 3 is 2.22 bits per heavy atom. The summed E-state index contributed by atoms with van der Waals surface area (Å²) in [5.74, 6) is -0.0729. The van der Waals surface area contributed by atoms with Gasteiger partial charge in [-0.1, -0.05) is 22.9 Å². The van der Waals surface area contributed by atoms with E-state index in [0.717, 1.165) is 19.1 Å². The van der Waals surface area contributed by atoms with Gasteiger partial charge >= 0.3 is 0 Å². The van der Waals surface area contributed by atoms with E-state index in [1.807, 2.05) is 26.0 Å². The van der Waals surface area contributed by atoms with E-state index in [2.05, 4.69) is 53.1 Å². The molecule has 0 heterocycles. The van der Waals surface area contributed by atoms with Crippen molar-refractivity contribution in [1.82, 2.24) is 0 Å². The fourth-order valence-electron chi connectivity index (χ4n) is 1.32. The highest BCUT2D eigenvalue weighted by molar-refractivity contribution is 9.11. The van der Waals surface area contributed by atoms with Crippen LogP contribution in [0.25, 0.3) is 0 Å². The van der Waals surface area contributed by atoms with E-state index in [9.17, 15) is 4.79 Å². The third-order valence-corrected chi connectivity index (χ3v) is 4.73. The Kier molecular flexibility index (Phi) is 5.83. The molecule has 0 aliphatic carbocycles. The van der Waals surface area contributed by atoms with Crippen molar-refractivity contribution < 1.29 is 4.79 Å². The standard InChI is InChI=1S/C12H15Br3N2O/c1-3-12(2,6-16)11(18)17-10-8(14)4-7(13)5-9(10)15/h4-5H,3,6,16H2,1-2H3,(H,17,18). The van der Waals surface area contributed by atoms with Gasteiger partial charge in [-0.2, -0.15) is 0 Å². The third-order valence-electron chi connectivity index (χ3n) is 3.02. The molecule has 18 heavy (non-hydrogen) atoms. The molecule has 0 aliphatic heterocycles. The summed E-state index contributed by atoms with van der Waals surface area (Å²) < 4.78 is 2.55. The van der Waals surface area contributed by atoms with Crippen LogP contribution in [0.1, 0.15) is 20.3 Å². The number of benzene rings is 1. The Morgan fingerprint density at radius 1 is 1.33 bits per heavy atom. The molecule has 1 aromatic rings. The summed E-state index contributed by atoms with van der Waals surface area (Å²) in [6.45, 7) is 4.14. The zero-order valence-corrected chi connectivity index (χ0v) is 14.9. The van der Waals surface area contributed by atoms with E-state index in [1.54, 1.807) is 0 Å². The summed E-state index contributed by atoms with van der Waals surface area (Å²) in [7, 11) is 0. The van der Waals surface area contributed by atoms with E-state index < -0.39 is 5.41 Å². The van der Waals surface area contributed by atoms with E-state index in [4.69, 9.17) is 5.73 Å². The Bertz CT molecular complexity index is 436. The van der Waals surface area contributed by atoms with E-state index in [-0.39, 0.29) is 5.91 Å². The van der Waals surface area contributed by atoms with Gasteiger partial charge in [-0.25, -0.2) is 0 Å². The quantitative estimate of drug-likeness (QED) is 0.730. The van der Waals surface area contributed by atoms with Crippen LogP contribution in [0.4, 0.5) is 5.69 Å². The molecule has 3 N–H and O–H groups in total. The summed E-state index contributed by atoms with van der Waals surface area (Å²) >= 11 is 10.2. The lowest BCUT2D eigenvalue weighted by atomic mass is 9.86. The molecular weight excluding hydrogens is 428 g/mol. The number of hydrogen-bond donors (Lipinski definition) is 2. The van der Waals surface area contributed by atoms with E-state index >= 15 is 0 Å². The minimum absolute atomic E-state index is 0.0729. The summed E-state index contributed by atoms with van der Waals surface area (Å²) in [6.07, 6.45) is 0.696. The number of carbonyl (C=O) groups is 1. The second-order valence-corrected chi connectivity index (χ2v) is 6.94. The van der Waals surface area contributed by atoms with Gasteiger partial charge in [0.25, 0.3) is 0 Å². The number of nitrogens with one attached hydrogen (secondary N) is 1. The molecule has 100 valence electrons. The van der Waals surface area contributed by atoms with Crippen molar-refractivity contribution in [3.8, 4) is 0 Å². The first kappa shape index (κ1) is 16.1. The van der Waals surface area contributed by atoms with Crippen LogP contribution in [0.3, 0.4) is 0 Å². The highest BCUT2D eigenvalue weighted by Gasteiger charge is 2.30. The Balaban J connectivity index is 3.02. The molecule has 1 aromatic carbocycles. The topological polar surface area (TPSA) is 55.1 Å². The van der Waals surface area contributed by atoms with Crippen molar-refractivity contribution in [2.24, 2.45) is 11.1 Å². The molecule has 1 rings (SSSR count). The van der Waals surface area contributed by atoms with Crippen molar-refractivity contribution in [1.29, 1.82) is 0 Å². The molecule has 1 unspecified atom stereocenters. The molecule has 1 amide bonds. The van der Waals surface area contributed by atoms with Crippen LogP contribution < -0.4 is 11.1 Å². The second kappa shape index (κ2) is 6.50. The fraction of sp³-hybridized carbons (Fsp3) is 0.417. The summed E-state index contributed by atoms with van der Waals surface area (Å²) in [5.41, 5.74) is 5.85. The zero-order chi connectivity index (χ0) is 13.9. The van der Waals surface area contributed by atoms with Gasteiger partial charge in [0, 0.05) is 20.0 Å². The molecule has 0 aromatic heterocycles. The number of halogens is 3. The summed E-state index contributed by atoms with van der Waals surface area (Å²) in [6, 6.07) is 3.76. The number of nitrogens with two attached hydrogens (primary N) is 1. The number of hydrogen-bond acceptors (Lipinski definition) is 2. The van der Waals surface area contributed by atoms with Gasteiger partial charge in [0.2, 0.25) is 5.91 Å². The molecule has 0 fully saturated rings. The number of amides is 1. The van der Waals surface area contributed by atoms with Crippen LogP contribution in [0, 0.1) is 5.41 Å². The fourth-order valence-corrected chi connectivity index (χ4v) is 3.78. The lowest BCUT2D eigenvalue weighted by molar-refractivity contribution is -0.124. The maximum absolute atomic E-state index is 12.2. The minimum atomic E-state index is -0.550. The van der Waals surface area contributed by atoms with Crippen LogP contribution in [0.15, 0.2) is 25.6 Å². The van der Waals surface area contributed by atoms with Gasteiger partial charge in [0.15, 0.2) is 0 Å². The molecule has 3 nitrogen and oxygen atoms in total. The molecule has 0 saturated carbocycles. The van der Waals surface area contributed by atoms with Gasteiger partial charge in [-0.05, 0) is 57.3 Å². The van der Waals surface area contributed by atoms with Crippen molar-refractivity contribution in [2.45, 2.75) is 20.3 Å². The van der Waals surface area contributed by atoms with Gasteiger partial charge in [-0.3, -0.25) is 4.79 Å². The average Bonchev–Trinajstić information content (AvgIpc) is 2.32. The zero-order valence-electron chi connectivity index (χ0n) is 10.2. The highest BCUT2D eigenvalue weighted by Crippen LogP contribution is 2.35. The predicted octanol–water partition coefficient (Wildman–Crippen LogP) is 4.29. The molecular formula is C12H15Br3N2O. The SMILES string of the molecule is CCC(C)(CN)C(=O)Nc1c(Br)cc(Br)cc1Br. The molecule has 1 atom stereocenters. The monoisotopic (exact) mass is 440 g/mol. The highest BCUT2D eigenvalue weighted by atomic mass is 79.9. The van der Waals surface area contributed by atoms with Crippen molar-refractivity contribution in [3.63, 3.8) is 0 Å². The van der Waals surface area contributed by atoms with Crippen molar-refractivity contribution in [2.75, 3.05) is 11.9 Å². The van der Waals surface area contributed by atoms with Gasteiger partial charge in [-0.15, -0.1) is 0 Å². The normalized spacial score (nSPS) is 14.1. The van der Waals surface area contributed by atoms with Crippen LogP contribution in [-0.2, 0) is 4.79 Å². The Morgan fingerprint density at radius 2 is 1.83 bits per heavy atom. The van der Waals surface area contributed by atoms with E-state index in [0.29, 0.717) is 13.0 Å². The molecule has 0 aliphatic rings. The largest absolute Gasteiger partial charge is 0.329 e. The van der Waals surface area contributed by atoms with E-state index in [1.165, 1.54) is 0 Å². The first-order valence-electron chi connectivity index (χ1n) is 5.50. The van der Waals surface area contributed by atoms with Crippen LogP contribution in [0.5, 0.6) is 0 Å². The van der Waals surface area contributed by atoms with Crippen LogP contribution in [-0.4, -0.2) is 12.5 Å². The molecule has 0 radical (unpaired) electrons. The average molecular weight is 443 g/mol. The maximum atomic E-state index is 12.2. The van der Waals surface area contributed by atoms with Crippen molar-refractivity contribution in [3.05, 3.63) is 25.6 Å². The van der Waals surface area contributed by atoms with Gasteiger partial charge in [0.1, 0.15) is 0 Å². The summed E-state index contributed by atoms with van der Waals surface area (Å²) in [4.78, 5) is 12.2. The minimum Gasteiger partial charge on any atom is -0.329 e. The van der Waals surface area contributed by atoms with Crippen molar-refractivity contribution >= 4 is 59.4 Å². The predicted molar refractivity (Wildman–Crippen MR) is 85.6 cm³/mol. The maximum Gasteiger partial charge on any atom is 0.231 e. The molecule has 0 bridgehead atoms. The Hall–Kier alpha value is 0.0900. The smallest absolute Gasteiger partial charge is 0.231 e. The molecule has 6 heteroatoms. The first-order valence-corrected chi connectivity index (χ1v) is 7.88. The second-order valence-electron chi connectivity index (χ2n) is 4.32. The van der Waals surface area contributed by atoms with Crippen LogP contribution in [0.2, 0.25) is 0 Å². The molecule has 0 spiro atoms. The Labute approximate surface area is 132 Å². The lowest BCUT2D eigenvalue weighted by Gasteiger charge is -2.25. The first-order chi connectivity index (χ1) is 8.34. The third kappa shape index (κ3) is 3.56. The van der Waals surface area contributed by atoms with Gasteiger partial charge in [0.05, 0.1) is 11.1 Å². The number of carbonyl (C=O) groups excluding carboxylic acids is 1.